The summed E-state index contributed by atoms with van der Waals surface area (Å²) < 4.78 is 5.35. The Hall–Kier alpha value is -1.84. The van der Waals surface area contributed by atoms with Crippen LogP contribution in [0.4, 0.5) is 4.79 Å². The largest absolute Gasteiger partial charge is 0.444 e. The van der Waals surface area contributed by atoms with Crippen molar-refractivity contribution in [2.24, 2.45) is 11.3 Å². The summed E-state index contributed by atoms with van der Waals surface area (Å²) in [5.74, 6) is 0.747. The summed E-state index contributed by atoms with van der Waals surface area (Å²) in [6, 6.07) is 8.20. The topological polar surface area (TPSA) is 55.4 Å². The van der Waals surface area contributed by atoms with Gasteiger partial charge in [-0.2, -0.15) is 0 Å². The minimum Gasteiger partial charge on any atom is -0.444 e. The highest BCUT2D eigenvalue weighted by Gasteiger charge is 2.54. The van der Waals surface area contributed by atoms with Gasteiger partial charge in [0.05, 0.1) is 0 Å². The zero-order valence-electron chi connectivity index (χ0n) is 15.5. The Morgan fingerprint density at radius 2 is 1.88 bits per heavy atom. The molecule has 0 heterocycles. The number of nitrogens with one attached hydrogen (secondary N) is 1. The Kier molecular flexibility index (Phi) is 4.90. The lowest BCUT2D eigenvalue weighted by Gasteiger charge is -2.31. The third-order valence-electron chi connectivity index (χ3n) is 5.66. The number of rotatable bonds is 4. The van der Waals surface area contributed by atoms with Crippen molar-refractivity contribution >= 4 is 12.4 Å². The van der Waals surface area contributed by atoms with Gasteiger partial charge in [0.25, 0.3) is 0 Å². The van der Waals surface area contributed by atoms with Crippen molar-refractivity contribution in [3.05, 3.63) is 35.4 Å². The number of carbonyl (C=O) groups excluding carboxylic acids is 2. The maximum Gasteiger partial charge on any atom is 0.407 e. The van der Waals surface area contributed by atoms with Crippen LogP contribution in [0.15, 0.2) is 24.3 Å². The van der Waals surface area contributed by atoms with E-state index in [9.17, 15) is 9.59 Å². The number of aldehydes is 1. The maximum atomic E-state index is 11.9. The molecule has 4 nitrogen and oxygen atoms in total. The molecule has 0 aliphatic heterocycles. The van der Waals surface area contributed by atoms with Gasteiger partial charge in [0, 0.05) is 11.6 Å². The molecule has 2 aliphatic carbocycles. The average molecular weight is 343 g/mol. The first-order valence-corrected chi connectivity index (χ1v) is 9.33. The molecule has 1 unspecified atom stereocenters. The molecule has 1 aromatic rings. The average Bonchev–Trinajstić information content (AvgIpc) is 3.20. The molecule has 3 rings (SSSR count). The fraction of sp³-hybridized carbons (Fsp3) is 0.619. The summed E-state index contributed by atoms with van der Waals surface area (Å²) >= 11 is 0. The van der Waals surface area contributed by atoms with E-state index in [1.54, 1.807) is 0 Å². The van der Waals surface area contributed by atoms with E-state index in [0.717, 1.165) is 37.0 Å². The second-order valence-electron chi connectivity index (χ2n) is 8.75. The Labute approximate surface area is 150 Å². The molecule has 25 heavy (non-hydrogen) atoms. The smallest absolute Gasteiger partial charge is 0.407 e. The van der Waals surface area contributed by atoms with Gasteiger partial charge in [-0.05, 0) is 76.2 Å². The molecule has 0 saturated heterocycles. The minimum absolute atomic E-state index is 0.244. The van der Waals surface area contributed by atoms with Crippen LogP contribution in [-0.4, -0.2) is 24.0 Å². The van der Waals surface area contributed by atoms with Gasteiger partial charge >= 0.3 is 6.09 Å². The second kappa shape index (κ2) is 6.81. The molecule has 2 fully saturated rings. The molecular weight excluding hydrogens is 314 g/mol. The van der Waals surface area contributed by atoms with Crippen molar-refractivity contribution < 1.29 is 14.3 Å². The summed E-state index contributed by atoms with van der Waals surface area (Å²) in [6.45, 7) is 5.66. The van der Waals surface area contributed by atoms with Crippen LogP contribution in [0.25, 0.3) is 0 Å². The van der Waals surface area contributed by atoms with E-state index < -0.39 is 5.60 Å². The van der Waals surface area contributed by atoms with E-state index >= 15 is 0 Å². The zero-order valence-corrected chi connectivity index (χ0v) is 15.5. The standard InChI is InChI=1S/C21H29NO3/c1-20(2,3)25-19(24)22-18-8-10-21(11-9-18)13-17(21)12-15-4-6-16(14-23)7-5-15/h4-7,14,17-18H,8-13H2,1-3H3,(H,22,24). The molecule has 1 spiro atoms. The predicted octanol–water partition coefficient (Wildman–Crippen LogP) is 4.52. The van der Waals surface area contributed by atoms with Crippen LogP contribution >= 0.6 is 0 Å². The fourth-order valence-electron chi connectivity index (χ4n) is 4.16. The van der Waals surface area contributed by atoms with Gasteiger partial charge < -0.3 is 10.1 Å². The van der Waals surface area contributed by atoms with Gasteiger partial charge in [0.2, 0.25) is 0 Å². The van der Waals surface area contributed by atoms with E-state index in [1.165, 1.54) is 24.8 Å². The van der Waals surface area contributed by atoms with Crippen LogP contribution in [0.3, 0.4) is 0 Å². The Morgan fingerprint density at radius 1 is 1.24 bits per heavy atom. The predicted molar refractivity (Wildman–Crippen MR) is 97.7 cm³/mol. The van der Waals surface area contributed by atoms with Crippen LogP contribution in [0.5, 0.6) is 0 Å². The van der Waals surface area contributed by atoms with Crippen LogP contribution in [-0.2, 0) is 11.2 Å². The van der Waals surface area contributed by atoms with Crippen molar-refractivity contribution in [3.8, 4) is 0 Å². The minimum atomic E-state index is -0.443. The Balaban J connectivity index is 1.45. The monoisotopic (exact) mass is 343 g/mol. The van der Waals surface area contributed by atoms with Crippen LogP contribution in [0.2, 0.25) is 0 Å². The van der Waals surface area contributed by atoms with Gasteiger partial charge in [-0.25, -0.2) is 4.79 Å². The van der Waals surface area contributed by atoms with Gasteiger partial charge in [-0.3, -0.25) is 4.79 Å². The van der Waals surface area contributed by atoms with Gasteiger partial charge in [-0.1, -0.05) is 24.3 Å². The summed E-state index contributed by atoms with van der Waals surface area (Å²) in [7, 11) is 0. The summed E-state index contributed by atoms with van der Waals surface area (Å²) in [5.41, 5.74) is 2.10. The van der Waals surface area contributed by atoms with Crippen molar-refractivity contribution in [2.75, 3.05) is 0 Å². The lowest BCUT2D eigenvalue weighted by molar-refractivity contribution is 0.0483. The molecule has 4 heteroatoms. The van der Waals surface area contributed by atoms with E-state index in [0.29, 0.717) is 5.41 Å². The van der Waals surface area contributed by atoms with E-state index in [2.05, 4.69) is 17.4 Å². The van der Waals surface area contributed by atoms with Crippen LogP contribution in [0.1, 0.15) is 68.8 Å². The van der Waals surface area contributed by atoms with E-state index in [1.807, 2.05) is 32.9 Å². The third kappa shape index (κ3) is 4.62. The molecule has 0 aromatic heterocycles. The molecule has 1 amide bonds. The van der Waals surface area contributed by atoms with Gasteiger partial charge in [0.1, 0.15) is 11.9 Å². The highest BCUT2D eigenvalue weighted by atomic mass is 16.6. The molecule has 1 aromatic carbocycles. The number of hydrogen-bond acceptors (Lipinski definition) is 3. The second-order valence-corrected chi connectivity index (χ2v) is 8.75. The molecule has 0 bridgehead atoms. The highest BCUT2D eigenvalue weighted by Crippen LogP contribution is 2.62. The highest BCUT2D eigenvalue weighted by molar-refractivity contribution is 5.74. The number of alkyl carbamates (subject to hydrolysis) is 1. The number of hydrogen-bond donors (Lipinski definition) is 1. The normalized spacial score (nSPS) is 28.4. The molecule has 136 valence electrons. The quantitative estimate of drug-likeness (QED) is 0.818. The summed E-state index contributed by atoms with van der Waals surface area (Å²) in [5, 5.41) is 3.02. The maximum absolute atomic E-state index is 11.9. The van der Waals surface area contributed by atoms with Crippen LogP contribution < -0.4 is 5.32 Å². The fourth-order valence-corrected chi connectivity index (χ4v) is 4.16. The first-order chi connectivity index (χ1) is 11.8. The van der Waals surface area contributed by atoms with Crippen molar-refractivity contribution in [2.45, 2.75) is 70.9 Å². The zero-order chi connectivity index (χ0) is 18.1. The van der Waals surface area contributed by atoms with Crippen molar-refractivity contribution in [1.29, 1.82) is 0 Å². The number of amides is 1. The molecular formula is C21H29NO3. The first-order valence-electron chi connectivity index (χ1n) is 9.33. The summed E-state index contributed by atoms with van der Waals surface area (Å²) in [6.07, 6.45) is 7.44. The van der Waals surface area contributed by atoms with Crippen LogP contribution in [0, 0.1) is 11.3 Å². The number of carbonyl (C=O) groups is 2. The first kappa shape index (κ1) is 18.0. The molecule has 1 N–H and O–H groups in total. The van der Waals surface area contributed by atoms with Crippen molar-refractivity contribution in [3.63, 3.8) is 0 Å². The Morgan fingerprint density at radius 3 is 2.44 bits per heavy atom. The van der Waals surface area contributed by atoms with Gasteiger partial charge in [0.15, 0.2) is 0 Å². The lowest BCUT2D eigenvalue weighted by Crippen LogP contribution is -2.41. The number of ether oxygens (including phenoxy) is 1. The summed E-state index contributed by atoms with van der Waals surface area (Å²) in [4.78, 5) is 22.6. The molecule has 1 atom stereocenters. The molecule has 2 saturated carbocycles. The van der Waals surface area contributed by atoms with Crippen molar-refractivity contribution in [1.82, 2.24) is 5.32 Å². The van der Waals surface area contributed by atoms with E-state index in [4.69, 9.17) is 4.74 Å². The van der Waals surface area contributed by atoms with Gasteiger partial charge in [-0.15, -0.1) is 0 Å². The third-order valence-corrected chi connectivity index (χ3v) is 5.66. The molecule has 0 radical (unpaired) electrons. The Bertz CT molecular complexity index is 622. The lowest BCUT2D eigenvalue weighted by atomic mass is 9.81. The molecule has 2 aliphatic rings. The SMILES string of the molecule is CC(C)(C)OC(=O)NC1CCC2(CC1)CC2Cc1ccc(C=O)cc1. The number of benzene rings is 1. The van der Waals surface area contributed by atoms with E-state index in [-0.39, 0.29) is 12.1 Å².